The van der Waals surface area contributed by atoms with E-state index in [-0.39, 0.29) is 17.4 Å². The molecule has 1 amide bonds. The normalized spacial score (nSPS) is 33.0. The third-order valence-corrected chi connectivity index (χ3v) is 5.39. The summed E-state index contributed by atoms with van der Waals surface area (Å²) in [5.74, 6) is 0.516. The molecule has 6 nitrogen and oxygen atoms in total. The van der Waals surface area contributed by atoms with Gasteiger partial charge in [0.1, 0.15) is 10.4 Å². The van der Waals surface area contributed by atoms with Crippen molar-refractivity contribution in [3.05, 3.63) is 34.5 Å². The first-order chi connectivity index (χ1) is 11.7. The molecule has 0 radical (unpaired) electrons. The number of fused-ring (bicyclic) bond motifs is 2. The number of carbonyl (C=O) groups is 1. The minimum atomic E-state index is -0.192. The summed E-state index contributed by atoms with van der Waals surface area (Å²) in [6.07, 6.45) is 5.84. The van der Waals surface area contributed by atoms with Crippen LogP contribution in [0.25, 0.3) is 0 Å². The van der Waals surface area contributed by atoms with Gasteiger partial charge in [-0.2, -0.15) is 0 Å². The van der Waals surface area contributed by atoms with E-state index in [0.29, 0.717) is 42.9 Å². The van der Waals surface area contributed by atoms with E-state index in [9.17, 15) is 4.79 Å². The van der Waals surface area contributed by atoms with Crippen molar-refractivity contribution in [1.29, 1.82) is 0 Å². The summed E-state index contributed by atoms with van der Waals surface area (Å²) < 4.78 is 12.1. The molecule has 1 saturated carbocycles. The van der Waals surface area contributed by atoms with Crippen LogP contribution in [0.4, 0.5) is 5.82 Å². The van der Waals surface area contributed by atoms with Gasteiger partial charge < -0.3 is 20.1 Å². The van der Waals surface area contributed by atoms with Crippen LogP contribution in [0, 0.1) is 5.41 Å². The molecule has 1 aromatic rings. The van der Waals surface area contributed by atoms with Gasteiger partial charge in [-0.3, -0.25) is 4.79 Å². The minimum Gasteiger partial charge on any atom is -0.377 e. The van der Waals surface area contributed by atoms with E-state index < -0.39 is 0 Å². The molecule has 1 aromatic heterocycles. The smallest absolute Gasteiger partial charge is 0.242 e. The molecule has 2 fully saturated rings. The first-order valence-electron chi connectivity index (χ1n) is 8.19. The number of ether oxygens (including phenoxy) is 2. The summed E-state index contributed by atoms with van der Waals surface area (Å²) in [6.45, 7) is 2.18. The maximum atomic E-state index is 12.6. The predicted molar refractivity (Wildman–Crippen MR) is 92.6 cm³/mol. The van der Waals surface area contributed by atoms with Crippen LogP contribution in [-0.2, 0) is 20.9 Å². The first-order valence-corrected chi connectivity index (χ1v) is 8.98. The number of anilines is 1. The molecule has 2 aliphatic heterocycles. The van der Waals surface area contributed by atoms with Crippen molar-refractivity contribution in [2.45, 2.75) is 31.5 Å². The molecule has 3 atom stereocenters. The molecule has 3 heterocycles. The van der Waals surface area contributed by atoms with Gasteiger partial charge in [0.05, 0.1) is 32.5 Å². The Hall–Kier alpha value is -1.28. The van der Waals surface area contributed by atoms with Crippen LogP contribution in [0.1, 0.15) is 18.4 Å². The number of nitrogens with zero attached hydrogens (tertiary/aromatic N) is 1. The zero-order chi connectivity index (χ0) is 16.6. The number of halogens is 1. The number of pyridine rings is 1. The van der Waals surface area contributed by atoms with E-state index in [1.165, 1.54) is 0 Å². The van der Waals surface area contributed by atoms with Crippen LogP contribution in [-0.4, -0.2) is 42.8 Å². The number of nitrogens with one attached hydrogen (secondary N) is 2. The molecule has 4 rings (SSSR count). The average molecular weight is 394 g/mol. The van der Waals surface area contributed by atoms with E-state index in [0.717, 1.165) is 18.4 Å². The lowest BCUT2D eigenvalue weighted by Gasteiger charge is -2.17. The largest absolute Gasteiger partial charge is 0.377 e. The van der Waals surface area contributed by atoms with E-state index in [2.05, 4.69) is 31.5 Å². The molecule has 1 spiro atoms. The third-order valence-electron chi connectivity index (χ3n) is 4.95. The van der Waals surface area contributed by atoms with Gasteiger partial charge >= 0.3 is 0 Å². The molecule has 2 bridgehead atoms. The van der Waals surface area contributed by atoms with E-state index in [4.69, 9.17) is 9.47 Å². The SMILES string of the molecule is O=C1Nc2nc(Br)ccc2COCC=CCOC[C@@]23C[C@@H]1N[C@@H]2C3. The highest BCUT2D eigenvalue weighted by molar-refractivity contribution is 9.10. The number of hydrogen-bond acceptors (Lipinski definition) is 5. The Morgan fingerprint density at radius 2 is 2.04 bits per heavy atom. The van der Waals surface area contributed by atoms with E-state index >= 15 is 0 Å². The van der Waals surface area contributed by atoms with Crippen LogP contribution in [0.2, 0.25) is 0 Å². The van der Waals surface area contributed by atoms with Gasteiger partial charge in [0.15, 0.2) is 0 Å². The van der Waals surface area contributed by atoms with Gasteiger partial charge in [-0.05, 0) is 34.8 Å². The van der Waals surface area contributed by atoms with Crippen LogP contribution >= 0.6 is 15.9 Å². The highest BCUT2D eigenvalue weighted by Gasteiger charge is 2.61. The van der Waals surface area contributed by atoms with E-state index in [1.54, 1.807) is 0 Å². The molecule has 0 unspecified atom stereocenters. The van der Waals surface area contributed by atoms with Crippen molar-refractivity contribution in [2.75, 3.05) is 25.1 Å². The van der Waals surface area contributed by atoms with Crippen molar-refractivity contribution >= 4 is 27.7 Å². The van der Waals surface area contributed by atoms with Gasteiger partial charge in [0.25, 0.3) is 0 Å². The minimum absolute atomic E-state index is 0.0404. The lowest BCUT2D eigenvalue weighted by Crippen LogP contribution is -2.38. The first kappa shape index (κ1) is 16.2. The monoisotopic (exact) mass is 393 g/mol. The summed E-state index contributed by atoms with van der Waals surface area (Å²) in [5, 5.41) is 6.37. The maximum absolute atomic E-state index is 12.6. The molecule has 0 aromatic carbocycles. The second kappa shape index (κ2) is 6.55. The van der Waals surface area contributed by atoms with Gasteiger partial charge in [0.2, 0.25) is 5.91 Å². The fourth-order valence-electron chi connectivity index (χ4n) is 3.50. The predicted octanol–water partition coefficient (Wildman–Crippen LogP) is 2.01. The summed E-state index contributed by atoms with van der Waals surface area (Å²) >= 11 is 3.36. The average Bonchev–Trinajstić information content (AvgIpc) is 3.11. The lowest BCUT2D eigenvalue weighted by atomic mass is 10.0. The summed E-state index contributed by atoms with van der Waals surface area (Å²) in [6, 6.07) is 3.97. The van der Waals surface area contributed by atoms with Crippen molar-refractivity contribution < 1.29 is 14.3 Å². The Balaban J connectivity index is 1.55. The van der Waals surface area contributed by atoms with Crippen molar-refractivity contribution in [3.63, 3.8) is 0 Å². The number of aromatic nitrogens is 1. The Morgan fingerprint density at radius 1 is 1.21 bits per heavy atom. The number of piperidine rings is 1. The molecule has 128 valence electrons. The third kappa shape index (κ3) is 3.26. The molecular weight excluding hydrogens is 374 g/mol. The van der Waals surface area contributed by atoms with Gasteiger partial charge in [-0.15, -0.1) is 0 Å². The number of hydrogen-bond donors (Lipinski definition) is 2. The summed E-state index contributed by atoms with van der Waals surface area (Å²) in [5.41, 5.74) is 0.990. The summed E-state index contributed by atoms with van der Waals surface area (Å²) in [7, 11) is 0. The molecule has 24 heavy (non-hydrogen) atoms. The Bertz CT molecular complexity index is 681. The van der Waals surface area contributed by atoms with Gasteiger partial charge in [-0.1, -0.05) is 18.2 Å². The highest BCUT2D eigenvalue weighted by atomic mass is 79.9. The Labute approximate surface area is 149 Å². The quantitative estimate of drug-likeness (QED) is 0.520. The topological polar surface area (TPSA) is 72.5 Å². The van der Waals surface area contributed by atoms with E-state index in [1.807, 2.05) is 24.3 Å². The van der Waals surface area contributed by atoms with Crippen molar-refractivity contribution in [2.24, 2.45) is 5.41 Å². The molecule has 2 N–H and O–H groups in total. The van der Waals surface area contributed by atoms with Crippen molar-refractivity contribution in [3.8, 4) is 0 Å². The lowest BCUT2D eigenvalue weighted by molar-refractivity contribution is -0.118. The van der Waals surface area contributed by atoms with Gasteiger partial charge in [-0.25, -0.2) is 4.98 Å². The fraction of sp³-hybridized carbons (Fsp3) is 0.529. The molecule has 1 saturated heterocycles. The van der Waals surface area contributed by atoms with Crippen LogP contribution in [0.3, 0.4) is 0 Å². The Kier molecular flexibility index (Phi) is 4.42. The zero-order valence-electron chi connectivity index (χ0n) is 13.3. The van der Waals surface area contributed by atoms with Crippen LogP contribution in [0.15, 0.2) is 28.9 Å². The standard InChI is InChI=1S/C17H20BrN3O3/c18-14-4-3-11-9-23-5-1-2-6-24-10-17-7-12(19-13(17)8-17)16(22)21-15(11)20-14/h1-4,12-13,19H,5-10H2,(H,20,21,22)/t12-,13+,17-/m0/s1. The highest BCUT2D eigenvalue weighted by Crippen LogP contribution is 2.54. The Morgan fingerprint density at radius 3 is 2.92 bits per heavy atom. The molecule has 3 aliphatic rings. The molecular formula is C17H20BrN3O3. The number of carbonyl (C=O) groups excluding carboxylic acids is 1. The zero-order valence-corrected chi connectivity index (χ0v) is 14.8. The molecule has 1 aliphatic carbocycles. The molecule has 7 heteroatoms. The summed E-state index contributed by atoms with van der Waals surface area (Å²) in [4.78, 5) is 17.0. The van der Waals surface area contributed by atoms with Crippen LogP contribution in [0.5, 0.6) is 0 Å². The van der Waals surface area contributed by atoms with Gasteiger partial charge in [0, 0.05) is 17.0 Å². The van der Waals surface area contributed by atoms with Crippen LogP contribution < -0.4 is 10.6 Å². The second-order valence-electron chi connectivity index (χ2n) is 6.68. The second-order valence-corrected chi connectivity index (χ2v) is 7.49. The van der Waals surface area contributed by atoms with Crippen molar-refractivity contribution in [1.82, 2.24) is 10.3 Å². The fourth-order valence-corrected chi connectivity index (χ4v) is 3.81. The number of rotatable bonds is 0. The number of amides is 1. The maximum Gasteiger partial charge on any atom is 0.242 e.